The average Bonchev–Trinajstić information content (AvgIpc) is 2.42. The predicted octanol–water partition coefficient (Wildman–Crippen LogP) is 0.926. The Balaban J connectivity index is 2.19. The van der Waals surface area contributed by atoms with Gasteiger partial charge in [0.25, 0.3) is 11.5 Å². The van der Waals surface area contributed by atoms with Crippen molar-refractivity contribution in [3.05, 3.63) is 32.7 Å². The van der Waals surface area contributed by atoms with Crippen molar-refractivity contribution in [3.8, 4) is 0 Å². The van der Waals surface area contributed by atoms with E-state index in [1.807, 2.05) is 0 Å². The summed E-state index contributed by atoms with van der Waals surface area (Å²) in [5.41, 5.74) is -0.00653. The standard InChI is InChI=1S/C13H18BrN3O2/c1-3-16-4-6-17(7-5-16)13(19)11-8-10(14)9-15(2)12(11)18/h8-9H,3-7H2,1-2H3. The maximum Gasteiger partial charge on any atom is 0.263 e. The molecule has 1 aliphatic heterocycles. The molecule has 0 N–H and O–H groups in total. The van der Waals surface area contributed by atoms with Crippen LogP contribution in [-0.2, 0) is 7.05 Å². The van der Waals surface area contributed by atoms with Crippen molar-refractivity contribution in [2.75, 3.05) is 32.7 Å². The van der Waals surface area contributed by atoms with E-state index in [0.29, 0.717) is 13.1 Å². The molecule has 0 saturated carbocycles. The highest BCUT2D eigenvalue weighted by atomic mass is 79.9. The first kappa shape index (κ1) is 14.3. The van der Waals surface area contributed by atoms with Gasteiger partial charge in [-0.15, -0.1) is 0 Å². The first-order valence-corrected chi connectivity index (χ1v) is 7.20. The number of rotatable bonds is 2. The van der Waals surface area contributed by atoms with E-state index in [-0.39, 0.29) is 17.0 Å². The summed E-state index contributed by atoms with van der Waals surface area (Å²) in [6, 6.07) is 1.61. The summed E-state index contributed by atoms with van der Waals surface area (Å²) in [6.45, 7) is 6.22. The number of piperazine rings is 1. The fraction of sp³-hybridized carbons (Fsp3) is 0.538. The molecule has 2 rings (SSSR count). The Labute approximate surface area is 120 Å². The molecule has 104 valence electrons. The highest BCUT2D eigenvalue weighted by molar-refractivity contribution is 9.10. The number of amides is 1. The Morgan fingerprint density at radius 1 is 1.32 bits per heavy atom. The molecule has 0 radical (unpaired) electrons. The molecule has 1 saturated heterocycles. The average molecular weight is 328 g/mol. The van der Waals surface area contributed by atoms with Crippen LogP contribution in [0.25, 0.3) is 0 Å². The molecule has 0 aliphatic carbocycles. The number of hydrogen-bond acceptors (Lipinski definition) is 3. The van der Waals surface area contributed by atoms with Crippen LogP contribution in [-0.4, -0.2) is 53.0 Å². The molecule has 1 aromatic rings. The van der Waals surface area contributed by atoms with Gasteiger partial charge in [0.05, 0.1) is 0 Å². The Morgan fingerprint density at radius 2 is 1.95 bits per heavy atom. The van der Waals surface area contributed by atoms with Gasteiger partial charge in [-0.3, -0.25) is 9.59 Å². The van der Waals surface area contributed by atoms with Gasteiger partial charge in [-0.25, -0.2) is 0 Å². The van der Waals surface area contributed by atoms with Gasteiger partial charge in [-0.1, -0.05) is 6.92 Å². The Morgan fingerprint density at radius 3 is 2.53 bits per heavy atom. The monoisotopic (exact) mass is 327 g/mol. The highest BCUT2D eigenvalue weighted by Gasteiger charge is 2.23. The molecular formula is C13H18BrN3O2. The number of hydrogen-bond donors (Lipinski definition) is 0. The molecular weight excluding hydrogens is 310 g/mol. The van der Waals surface area contributed by atoms with E-state index < -0.39 is 0 Å². The lowest BCUT2D eigenvalue weighted by molar-refractivity contribution is 0.0641. The van der Waals surface area contributed by atoms with Crippen molar-refractivity contribution in [2.24, 2.45) is 7.05 Å². The molecule has 0 bridgehead atoms. The van der Waals surface area contributed by atoms with Gasteiger partial charge in [0, 0.05) is 43.9 Å². The van der Waals surface area contributed by atoms with E-state index in [2.05, 4.69) is 27.8 Å². The van der Waals surface area contributed by atoms with E-state index in [0.717, 1.165) is 24.1 Å². The second kappa shape index (κ2) is 5.88. The van der Waals surface area contributed by atoms with E-state index in [9.17, 15) is 9.59 Å². The Kier molecular flexibility index (Phi) is 4.42. The number of halogens is 1. The molecule has 0 unspecified atom stereocenters. The van der Waals surface area contributed by atoms with Gasteiger partial charge in [0.15, 0.2) is 0 Å². The van der Waals surface area contributed by atoms with Gasteiger partial charge < -0.3 is 14.4 Å². The second-order valence-electron chi connectivity index (χ2n) is 4.71. The van der Waals surface area contributed by atoms with Crippen LogP contribution < -0.4 is 5.56 Å². The molecule has 5 nitrogen and oxygen atoms in total. The van der Waals surface area contributed by atoms with Gasteiger partial charge in [-0.05, 0) is 28.5 Å². The molecule has 1 amide bonds. The van der Waals surface area contributed by atoms with Gasteiger partial charge in [-0.2, -0.15) is 0 Å². The molecule has 0 atom stereocenters. The van der Waals surface area contributed by atoms with Crippen LogP contribution in [0.3, 0.4) is 0 Å². The fourth-order valence-electron chi connectivity index (χ4n) is 2.26. The van der Waals surface area contributed by atoms with Crippen molar-refractivity contribution in [1.82, 2.24) is 14.4 Å². The minimum atomic E-state index is -0.244. The van der Waals surface area contributed by atoms with Crippen LogP contribution >= 0.6 is 15.9 Å². The first-order valence-electron chi connectivity index (χ1n) is 6.40. The van der Waals surface area contributed by atoms with Crippen LogP contribution in [0.15, 0.2) is 21.5 Å². The lowest BCUT2D eigenvalue weighted by Crippen LogP contribution is -2.49. The number of carbonyl (C=O) groups is 1. The van der Waals surface area contributed by atoms with Crippen molar-refractivity contribution < 1.29 is 4.79 Å². The summed E-state index contributed by atoms with van der Waals surface area (Å²) in [4.78, 5) is 28.5. The lowest BCUT2D eigenvalue weighted by Gasteiger charge is -2.34. The molecule has 6 heteroatoms. The molecule has 0 aromatic carbocycles. The number of likely N-dealkylation sites (N-methyl/N-ethyl adjacent to an activating group) is 1. The summed E-state index contributed by atoms with van der Waals surface area (Å²) in [5, 5.41) is 0. The quantitative estimate of drug-likeness (QED) is 0.811. The lowest BCUT2D eigenvalue weighted by atomic mass is 10.2. The summed E-state index contributed by atoms with van der Waals surface area (Å²) in [7, 11) is 1.65. The third-order valence-corrected chi connectivity index (χ3v) is 3.92. The minimum Gasteiger partial charge on any atom is -0.336 e. The SMILES string of the molecule is CCN1CCN(C(=O)c2cc(Br)cn(C)c2=O)CC1. The van der Waals surface area contributed by atoms with E-state index in [1.54, 1.807) is 24.2 Å². The van der Waals surface area contributed by atoms with Gasteiger partial charge in [0.2, 0.25) is 0 Å². The number of pyridine rings is 1. The second-order valence-corrected chi connectivity index (χ2v) is 5.63. The Hall–Kier alpha value is -1.14. The van der Waals surface area contributed by atoms with Crippen molar-refractivity contribution in [1.29, 1.82) is 0 Å². The predicted molar refractivity (Wildman–Crippen MR) is 77.4 cm³/mol. The van der Waals surface area contributed by atoms with Gasteiger partial charge in [0.1, 0.15) is 5.56 Å². The van der Waals surface area contributed by atoms with Crippen molar-refractivity contribution in [3.63, 3.8) is 0 Å². The molecule has 0 spiro atoms. The van der Waals surface area contributed by atoms with Crippen molar-refractivity contribution >= 4 is 21.8 Å². The van der Waals surface area contributed by atoms with Crippen LogP contribution in [0.1, 0.15) is 17.3 Å². The van der Waals surface area contributed by atoms with Gasteiger partial charge >= 0.3 is 0 Å². The van der Waals surface area contributed by atoms with E-state index in [4.69, 9.17) is 0 Å². The summed E-state index contributed by atoms with van der Waals surface area (Å²) in [5.74, 6) is -0.169. The largest absolute Gasteiger partial charge is 0.336 e. The van der Waals surface area contributed by atoms with E-state index >= 15 is 0 Å². The minimum absolute atomic E-state index is 0.169. The highest BCUT2D eigenvalue weighted by Crippen LogP contribution is 2.11. The van der Waals surface area contributed by atoms with Crippen LogP contribution in [0.4, 0.5) is 0 Å². The molecule has 1 aliphatic rings. The molecule has 1 aromatic heterocycles. The smallest absolute Gasteiger partial charge is 0.263 e. The zero-order valence-corrected chi connectivity index (χ0v) is 12.8. The van der Waals surface area contributed by atoms with Crippen LogP contribution in [0, 0.1) is 0 Å². The number of aryl methyl sites for hydroxylation is 1. The maximum atomic E-state index is 12.4. The number of aromatic nitrogens is 1. The zero-order valence-electron chi connectivity index (χ0n) is 11.2. The third kappa shape index (κ3) is 3.06. The summed E-state index contributed by atoms with van der Waals surface area (Å²) >= 11 is 3.32. The fourth-order valence-corrected chi connectivity index (χ4v) is 2.80. The summed E-state index contributed by atoms with van der Waals surface area (Å²) in [6.07, 6.45) is 1.66. The normalized spacial score (nSPS) is 16.7. The molecule has 1 fully saturated rings. The number of carbonyl (C=O) groups excluding carboxylic acids is 1. The van der Waals surface area contributed by atoms with Crippen LogP contribution in [0.5, 0.6) is 0 Å². The van der Waals surface area contributed by atoms with E-state index in [1.165, 1.54) is 4.57 Å². The molecule has 2 heterocycles. The van der Waals surface area contributed by atoms with Crippen LogP contribution in [0.2, 0.25) is 0 Å². The molecule has 19 heavy (non-hydrogen) atoms. The number of nitrogens with zero attached hydrogens (tertiary/aromatic N) is 3. The zero-order chi connectivity index (χ0) is 14.0. The van der Waals surface area contributed by atoms with Crippen molar-refractivity contribution in [2.45, 2.75) is 6.92 Å². The first-order chi connectivity index (χ1) is 9.02. The maximum absolute atomic E-state index is 12.4. The Bertz CT molecular complexity index is 533. The topological polar surface area (TPSA) is 45.5 Å². The summed E-state index contributed by atoms with van der Waals surface area (Å²) < 4.78 is 2.17. The third-order valence-electron chi connectivity index (χ3n) is 3.49.